The van der Waals surface area contributed by atoms with Crippen LogP contribution >= 0.6 is 0 Å². The lowest BCUT2D eigenvalue weighted by Crippen LogP contribution is -2.61. The molecule has 4 aromatic rings. The molecule has 0 unspecified atom stereocenters. The molecule has 3 heterocycles. The summed E-state index contributed by atoms with van der Waals surface area (Å²) in [5, 5.41) is 28.8. The van der Waals surface area contributed by atoms with Gasteiger partial charge in [-0.25, -0.2) is 14.6 Å². The highest BCUT2D eigenvalue weighted by atomic mass is 16.4. The summed E-state index contributed by atoms with van der Waals surface area (Å²) < 4.78 is 0. The molecule has 1 aliphatic heterocycles. The molecule has 5 rings (SSSR count). The van der Waals surface area contributed by atoms with Gasteiger partial charge in [0.25, 0.3) is 5.91 Å². The number of hydrogen-bond acceptors (Lipinski definition) is 8. The third-order valence-corrected chi connectivity index (χ3v) is 10.9. The number of aliphatic hydroxyl groups is 1. The molecule has 1 aliphatic rings. The van der Waals surface area contributed by atoms with Crippen LogP contribution in [0.5, 0.6) is 0 Å². The van der Waals surface area contributed by atoms with Crippen molar-refractivity contribution in [2.45, 2.75) is 111 Å². The Bertz CT molecular complexity index is 2130. The summed E-state index contributed by atoms with van der Waals surface area (Å²) in [6.07, 6.45) is -0.634. The average Bonchev–Trinajstić information content (AvgIpc) is 3.54. The second kappa shape index (κ2) is 19.9. The summed E-state index contributed by atoms with van der Waals surface area (Å²) >= 11 is 0. The first-order chi connectivity index (χ1) is 29.1. The van der Waals surface area contributed by atoms with Crippen molar-refractivity contribution >= 4 is 23.9 Å². The van der Waals surface area contributed by atoms with Crippen molar-refractivity contribution in [2.24, 2.45) is 10.8 Å². The monoisotopic (exact) mass is 848 g/mol. The predicted molar refractivity (Wildman–Crippen MR) is 239 cm³/mol. The normalized spacial score (nSPS) is 15.5. The summed E-state index contributed by atoms with van der Waals surface area (Å²) in [6.45, 7) is 18.3. The minimum Gasteiger partial charge on any atom is -0.465 e. The van der Waals surface area contributed by atoms with Crippen molar-refractivity contribution in [1.82, 2.24) is 40.8 Å². The van der Waals surface area contributed by atoms with Gasteiger partial charge < -0.3 is 30.6 Å². The molecule has 332 valence electrons. The molecule has 0 bridgehead atoms. The zero-order valence-electron chi connectivity index (χ0n) is 37.6. The number of carboxylic acid groups (broad SMARTS) is 1. The minimum absolute atomic E-state index is 0.136. The van der Waals surface area contributed by atoms with E-state index in [0.29, 0.717) is 19.6 Å². The van der Waals surface area contributed by atoms with E-state index in [2.05, 4.69) is 41.8 Å². The van der Waals surface area contributed by atoms with Crippen LogP contribution in [-0.2, 0) is 34.5 Å². The third-order valence-electron chi connectivity index (χ3n) is 10.9. The van der Waals surface area contributed by atoms with Gasteiger partial charge in [-0.05, 0) is 52.6 Å². The van der Waals surface area contributed by atoms with E-state index in [1.165, 1.54) is 0 Å². The van der Waals surface area contributed by atoms with Crippen LogP contribution in [0.25, 0.3) is 11.3 Å². The number of benzene rings is 2. The number of pyridine rings is 2. The van der Waals surface area contributed by atoms with E-state index >= 15 is 0 Å². The Morgan fingerprint density at radius 3 is 2.05 bits per heavy atom. The Balaban J connectivity index is 1.41. The molecule has 14 heteroatoms. The quantitative estimate of drug-likeness (QED) is 0.0798. The summed E-state index contributed by atoms with van der Waals surface area (Å²) in [7, 11) is 0. The third kappa shape index (κ3) is 12.8. The number of carbonyl (C=O) groups excluding carboxylic acids is 3. The molecule has 0 radical (unpaired) electrons. The minimum atomic E-state index is -1.35. The van der Waals surface area contributed by atoms with Crippen LogP contribution in [0.1, 0.15) is 84.8 Å². The van der Waals surface area contributed by atoms with E-state index < -0.39 is 53.0 Å². The predicted octanol–water partition coefficient (Wildman–Crippen LogP) is 6.40. The summed E-state index contributed by atoms with van der Waals surface area (Å²) in [5.74, 6) is -1.02. The zero-order chi connectivity index (χ0) is 45.4. The number of amides is 5. The van der Waals surface area contributed by atoms with Crippen molar-refractivity contribution in [1.29, 1.82) is 0 Å². The van der Waals surface area contributed by atoms with Crippen molar-refractivity contribution in [3.8, 4) is 11.3 Å². The lowest BCUT2D eigenvalue weighted by atomic mass is 9.84. The van der Waals surface area contributed by atoms with Crippen LogP contribution in [0.2, 0.25) is 0 Å². The standard InChI is InChI=1S/C48H64N8O6/c1-46(2,3)39-20-15-18-35(50-39)30-54-26-27-56(45(54)62)41(48(7,8)9)43(59)51-37(28-32-16-11-10-12-17-32)38(57)31-55(53-42(58)40(47(4,5)6)52-44(60)61)29-33-21-23-34(24-22-33)36-19-13-14-25-49-36/h10-25,37-38,40-41,52,57H,26-31H2,1-9H3,(H,51,59)(H,53,58)(H,60,61)/t37-,38-,40+,41+/m0/s1. The van der Waals surface area contributed by atoms with Crippen LogP contribution in [0, 0.1) is 10.8 Å². The first-order valence-corrected chi connectivity index (χ1v) is 21.2. The zero-order valence-corrected chi connectivity index (χ0v) is 37.6. The largest absolute Gasteiger partial charge is 0.465 e. The second-order valence-electron chi connectivity index (χ2n) is 19.3. The van der Waals surface area contributed by atoms with Gasteiger partial charge in [0.2, 0.25) is 5.91 Å². The van der Waals surface area contributed by atoms with Crippen LogP contribution < -0.4 is 16.1 Å². The van der Waals surface area contributed by atoms with Gasteiger partial charge in [-0.15, -0.1) is 0 Å². The van der Waals surface area contributed by atoms with E-state index in [-0.39, 0.29) is 31.0 Å². The molecule has 14 nitrogen and oxygen atoms in total. The first kappa shape index (κ1) is 47.2. The smallest absolute Gasteiger partial charge is 0.405 e. The average molecular weight is 849 g/mol. The maximum absolute atomic E-state index is 14.7. The van der Waals surface area contributed by atoms with E-state index in [0.717, 1.165) is 33.8 Å². The molecule has 0 aliphatic carbocycles. The molecule has 0 saturated carbocycles. The highest BCUT2D eigenvalue weighted by Crippen LogP contribution is 2.30. The molecule has 1 fully saturated rings. The van der Waals surface area contributed by atoms with Gasteiger partial charge >= 0.3 is 12.1 Å². The fourth-order valence-electron chi connectivity index (χ4n) is 7.64. The fourth-order valence-corrected chi connectivity index (χ4v) is 7.64. The number of rotatable bonds is 16. The summed E-state index contributed by atoms with van der Waals surface area (Å²) in [4.78, 5) is 67.0. The van der Waals surface area contributed by atoms with E-state index in [1.807, 2.05) is 112 Å². The summed E-state index contributed by atoms with van der Waals surface area (Å²) in [6, 6.07) is 25.4. The first-order valence-electron chi connectivity index (χ1n) is 21.2. The molecular formula is C48H64N8O6. The van der Waals surface area contributed by atoms with Crippen LogP contribution in [0.15, 0.2) is 97.2 Å². The van der Waals surface area contributed by atoms with Crippen LogP contribution in [0.3, 0.4) is 0 Å². The lowest BCUT2D eigenvalue weighted by molar-refractivity contribution is -0.133. The van der Waals surface area contributed by atoms with Crippen molar-refractivity contribution < 1.29 is 29.4 Å². The van der Waals surface area contributed by atoms with Crippen molar-refractivity contribution in [2.75, 3.05) is 19.6 Å². The number of hydrogen-bond donors (Lipinski definition) is 5. The van der Waals surface area contributed by atoms with E-state index in [9.17, 15) is 29.4 Å². The Kier molecular flexibility index (Phi) is 15.1. The number of aromatic nitrogens is 2. The number of aliphatic hydroxyl groups excluding tert-OH is 1. The molecule has 5 N–H and O–H groups in total. The molecular weight excluding hydrogens is 785 g/mol. The van der Waals surface area contributed by atoms with E-state index in [4.69, 9.17) is 4.98 Å². The second-order valence-corrected chi connectivity index (χ2v) is 19.3. The van der Waals surface area contributed by atoms with Gasteiger partial charge in [-0.2, -0.15) is 0 Å². The Hall–Kier alpha value is -5.86. The van der Waals surface area contributed by atoms with Gasteiger partial charge in [0, 0.05) is 49.0 Å². The highest BCUT2D eigenvalue weighted by molar-refractivity contribution is 5.89. The molecule has 5 amide bonds. The Morgan fingerprint density at radius 1 is 0.774 bits per heavy atom. The van der Waals surface area contributed by atoms with Gasteiger partial charge in [-0.1, -0.05) is 129 Å². The number of carbonyl (C=O) groups is 4. The van der Waals surface area contributed by atoms with Gasteiger partial charge in [0.05, 0.1) is 30.1 Å². The Morgan fingerprint density at radius 2 is 1.45 bits per heavy atom. The van der Waals surface area contributed by atoms with Crippen molar-refractivity contribution in [3.63, 3.8) is 0 Å². The van der Waals surface area contributed by atoms with Crippen LogP contribution in [0.4, 0.5) is 9.59 Å². The molecule has 1 saturated heterocycles. The lowest BCUT2D eigenvalue weighted by Gasteiger charge is -2.38. The Labute approximate surface area is 366 Å². The maximum Gasteiger partial charge on any atom is 0.405 e. The number of nitrogens with one attached hydrogen (secondary N) is 3. The van der Waals surface area contributed by atoms with E-state index in [1.54, 1.807) is 41.8 Å². The summed E-state index contributed by atoms with van der Waals surface area (Å²) in [5.41, 5.74) is 6.28. The number of hydrazine groups is 1. The van der Waals surface area contributed by atoms with Gasteiger partial charge in [0.15, 0.2) is 0 Å². The fraction of sp³-hybridized carbons (Fsp3) is 0.458. The van der Waals surface area contributed by atoms with Crippen molar-refractivity contribution in [3.05, 3.63) is 120 Å². The number of nitrogens with zero attached hydrogens (tertiary/aromatic N) is 5. The molecule has 0 spiro atoms. The molecule has 2 aromatic heterocycles. The van der Waals surface area contributed by atoms with Crippen LogP contribution in [-0.4, -0.2) is 103 Å². The molecule has 4 atom stereocenters. The molecule has 62 heavy (non-hydrogen) atoms. The maximum atomic E-state index is 14.7. The SMILES string of the molecule is CC(C)(C)c1cccc(CN2CCN([C@H](C(=O)N[C@@H](Cc3ccccc3)[C@@H](O)CN(Cc3ccc(-c4ccccn4)cc3)NC(=O)[C@@H](NC(=O)O)C(C)(C)C)C(C)(C)C)C2=O)n1. The highest BCUT2D eigenvalue weighted by Gasteiger charge is 2.44. The molecule has 2 aromatic carbocycles. The van der Waals surface area contributed by atoms with Gasteiger partial charge in [-0.3, -0.25) is 25.0 Å². The number of urea groups is 1. The van der Waals surface area contributed by atoms with Gasteiger partial charge in [0.1, 0.15) is 12.1 Å². The topological polar surface area (TPSA) is 180 Å².